The molecule has 0 aliphatic rings. The number of nitrogens with zero attached hydrogens (tertiary/aromatic N) is 2. The quantitative estimate of drug-likeness (QED) is 0.788. The summed E-state index contributed by atoms with van der Waals surface area (Å²) in [6.07, 6.45) is 1.57. The number of rotatable bonds is 6. The molecule has 1 heterocycles. The van der Waals surface area contributed by atoms with Crippen molar-refractivity contribution >= 4 is 11.7 Å². The van der Waals surface area contributed by atoms with Crippen molar-refractivity contribution < 1.29 is 14.6 Å². The second kappa shape index (κ2) is 6.07. The monoisotopic (exact) mass is 224 g/mol. The molecule has 0 fully saturated rings. The van der Waals surface area contributed by atoms with Crippen LogP contribution in [0.4, 0.5) is 5.69 Å². The fraction of sp³-hybridized carbons (Fsp3) is 0.455. The molecule has 16 heavy (non-hydrogen) atoms. The summed E-state index contributed by atoms with van der Waals surface area (Å²) in [5.41, 5.74) is 0.969. The van der Waals surface area contributed by atoms with Gasteiger partial charge >= 0.3 is 5.97 Å². The number of aromatic nitrogens is 1. The van der Waals surface area contributed by atoms with E-state index in [1.165, 1.54) is 6.07 Å². The summed E-state index contributed by atoms with van der Waals surface area (Å²) in [5, 5.41) is 8.72. The van der Waals surface area contributed by atoms with Gasteiger partial charge in [0, 0.05) is 20.2 Å². The third-order valence-corrected chi connectivity index (χ3v) is 2.28. The smallest absolute Gasteiger partial charge is 0.354 e. The van der Waals surface area contributed by atoms with E-state index in [2.05, 4.69) is 9.88 Å². The Hall–Kier alpha value is -1.62. The highest BCUT2D eigenvalue weighted by atomic mass is 16.5. The summed E-state index contributed by atoms with van der Waals surface area (Å²) < 4.78 is 5.00. The molecule has 5 heteroatoms. The summed E-state index contributed by atoms with van der Waals surface area (Å²) in [5.74, 6) is -1.01. The summed E-state index contributed by atoms with van der Waals surface area (Å²) in [4.78, 5) is 16.6. The van der Waals surface area contributed by atoms with Crippen LogP contribution in [0.5, 0.6) is 0 Å². The van der Waals surface area contributed by atoms with Crippen LogP contribution < -0.4 is 4.90 Å². The van der Waals surface area contributed by atoms with Gasteiger partial charge in [-0.3, -0.25) is 0 Å². The topological polar surface area (TPSA) is 62.7 Å². The van der Waals surface area contributed by atoms with Crippen LogP contribution in [-0.2, 0) is 4.74 Å². The number of hydrogen-bond acceptors (Lipinski definition) is 4. The molecule has 1 aromatic rings. The molecule has 1 aromatic heterocycles. The lowest BCUT2D eigenvalue weighted by atomic mass is 10.3. The van der Waals surface area contributed by atoms with E-state index in [1.54, 1.807) is 19.4 Å². The first-order valence-corrected chi connectivity index (χ1v) is 5.12. The zero-order chi connectivity index (χ0) is 12.0. The zero-order valence-corrected chi connectivity index (χ0v) is 9.51. The number of aromatic carboxylic acids is 1. The normalized spacial score (nSPS) is 10.1. The Labute approximate surface area is 94.7 Å². The first-order valence-electron chi connectivity index (χ1n) is 5.12. The van der Waals surface area contributed by atoms with Crippen molar-refractivity contribution in [3.63, 3.8) is 0 Å². The second-order valence-corrected chi connectivity index (χ2v) is 3.28. The van der Waals surface area contributed by atoms with E-state index < -0.39 is 5.97 Å². The maximum Gasteiger partial charge on any atom is 0.354 e. The second-order valence-electron chi connectivity index (χ2n) is 3.28. The van der Waals surface area contributed by atoms with E-state index >= 15 is 0 Å². The van der Waals surface area contributed by atoms with Gasteiger partial charge in [-0.1, -0.05) is 0 Å². The molecule has 0 aromatic carbocycles. The highest BCUT2D eigenvalue weighted by Crippen LogP contribution is 2.12. The van der Waals surface area contributed by atoms with Crippen LogP contribution in [-0.4, -0.2) is 42.9 Å². The van der Waals surface area contributed by atoms with Crippen molar-refractivity contribution in [3.8, 4) is 0 Å². The molecule has 0 unspecified atom stereocenters. The predicted octanol–water partition coefficient (Wildman–Crippen LogP) is 1.25. The lowest BCUT2D eigenvalue weighted by Crippen LogP contribution is -2.26. The predicted molar refractivity (Wildman–Crippen MR) is 61.0 cm³/mol. The van der Waals surface area contributed by atoms with Gasteiger partial charge in [0.15, 0.2) is 0 Å². The molecule has 0 aliphatic heterocycles. The van der Waals surface area contributed by atoms with Gasteiger partial charge in [0.2, 0.25) is 0 Å². The number of pyridine rings is 1. The fourth-order valence-corrected chi connectivity index (χ4v) is 1.37. The van der Waals surface area contributed by atoms with Crippen LogP contribution >= 0.6 is 0 Å². The number of ether oxygens (including phenoxy) is 1. The molecule has 0 bridgehead atoms. The molecule has 0 radical (unpaired) electrons. The van der Waals surface area contributed by atoms with Gasteiger partial charge in [0.25, 0.3) is 0 Å². The minimum Gasteiger partial charge on any atom is -0.477 e. The van der Waals surface area contributed by atoms with Crippen molar-refractivity contribution in [2.75, 3.05) is 31.7 Å². The van der Waals surface area contributed by atoms with E-state index in [0.717, 1.165) is 18.8 Å². The first-order chi connectivity index (χ1) is 7.69. The average molecular weight is 224 g/mol. The van der Waals surface area contributed by atoms with E-state index in [0.29, 0.717) is 6.61 Å². The zero-order valence-electron chi connectivity index (χ0n) is 9.51. The minimum absolute atomic E-state index is 0.0616. The van der Waals surface area contributed by atoms with Crippen LogP contribution in [0.2, 0.25) is 0 Å². The molecular weight excluding hydrogens is 208 g/mol. The summed E-state index contributed by atoms with van der Waals surface area (Å²) in [6, 6.07) is 3.27. The fourth-order valence-electron chi connectivity index (χ4n) is 1.37. The Morgan fingerprint density at radius 2 is 2.31 bits per heavy atom. The van der Waals surface area contributed by atoms with E-state index in [-0.39, 0.29) is 5.69 Å². The van der Waals surface area contributed by atoms with Gasteiger partial charge in [-0.25, -0.2) is 9.78 Å². The van der Waals surface area contributed by atoms with Crippen LogP contribution in [0.1, 0.15) is 17.4 Å². The molecular formula is C11H16N2O3. The number of carbonyl (C=O) groups is 1. The third kappa shape index (κ3) is 3.20. The maximum atomic E-state index is 10.6. The molecule has 0 saturated carbocycles. The molecule has 0 amide bonds. The van der Waals surface area contributed by atoms with Crippen molar-refractivity contribution in [1.29, 1.82) is 0 Å². The Morgan fingerprint density at radius 3 is 2.75 bits per heavy atom. The number of methoxy groups -OCH3 is 1. The van der Waals surface area contributed by atoms with E-state index in [4.69, 9.17) is 9.84 Å². The Bertz CT molecular complexity index is 338. The maximum absolute atomic E-state index is 10.6. The molecule has 0 spiro atoms. The first kappa shape index (κ1) is 12.4. The minimum atomic E-state index is -1.01. The number of carboxylic acid groups (broad SMARTS) is 1. The van der Waals surface area contributed by atoms with Crippen molar-refractivity contribution in [2.24, 2.45) is 0 Å². The standard InChI is InChI=1S/C11H16N2O3/c1-3-13(6-7-16-2)9-4-5-10(11(14)15)12-8-9/h4-5,8H,3,6-7H2,1-2H3,(H,14,15). The van der Waals surface area contributed by atoms with Crippen molar-refractivity contribution in [2.45, 2.75) is 6.92 Å². The Balaban J connectivity index is 2.74. The summed E-state index contributed by atoms with van der Waals surface area (Å²) in [7, 11) is 1.65. The lowest BCUT2D eigenvalue weighted by Gasteiger charge is -2.22. The Kier molecular flexibility index (Phi) is 4.72. The van der Waals surface area contributed by atoms with E-state index in [9.17, 15) is 4.79 Å². The highest BCUT2D eigenvalue weighted by molar-refractivity contribution is 5.85. The van der Waals surface area contributed by atoms with Crippen molar-refractivity contribution in [1.82, 2.24) is 4.98 Å². The van der Waals surface area contributed by atoms with Gasteiger partial charge in [0.1, 0.15) is 5.69 Å². The Morgan fingerprint density at radius 1 is 1.56 bits per heavy atom. The van der Waals surface area contributed by atoms with Gasteiger partial charge in [-0.2, -0.15) is 0 Å². The van der Waals surface area contributed by atoms with Gasteiger partial charge < -0.3 is 14.7 Å². The van der Waals surface area contributed by atoms with Crippen LogP contribution in [0.25, 0.3) is 0 Å². The average Bonchev–Trinajstić information content (AvgIpc) is 2.30. The molecule has 1 rings (SSSR count). The molecule has 0 saturated heterocycles. The van der Waals surface area contributed by atoms with Crippen molar-refractivity contribution in [3.05, 3.63) is 24.0 Å². The number of anilines is 1. The van der Waals surface area contributed by atoms with Crippen LogP contribution in [0.3, 0.4) is 0 Å². The number of carboxylic acids is 1. The van der Waals surface area contributed by atoms with Crippen LogP contribution in [0, 0.1) is 0 Å². The molecule has 88 valence electrons. The summed E-state index contributed by atoms with van der Waals surface area (Å²) in [6.45, 7) is 4.26. The molecule has 1 N–H and O–H groups in total. The van der Waals surface area contributed by atoms with E-state index in [1.807, 2.05) is 6.92 Å². The highest BCUT2D eigenvalue weighted by Gasteiger charge is 2.07. The number of hydrogen-bond donors (Lipinski definition) is 1. The van der Waals surface area contributed by atoms with Crippen LogP contribution in [0.15, 0.2) is 18.3 Å². The molecule has 0 aliphatic carbocycles. The van der Waals surface area contributed by atoms with Gasteiger partial charge in [0.05, 0.1) is 18.5 Å². The molecule has 5 nitrogen and oxygen atoms in total. The third-order valence-electron chi connectivity index (χ3n) is 2.28. The van der Waals surface area contributed by atoms with Gasteiger partial charge in [-0.15, -0.1) is 0 Å². The SMILES string of the molecule is CCN(CCOC)c1ccc(C(=O)O)nc1. The summed E-state index contributed by atoms with van der Waals surface area (Å²) >= 11 is 0. The number of likely N-dealkylation sites (N-methyl/N-ethyl adjacent to an activating group) is 1. The van der Waals surface area contributed by atoms with Gasteiger partial charge in [-0.05, 0) is 19.1 Å². The lowest BCUT2D eigenvalue weighted by molar-refractivity contribution is 0.0690. The largest absolute Gasteiger partial charge is 0.477 e. The molecule has 0 atom stereocenters.